The first-order valence-electron chi connectivity index (χ1n) is 9.73. The van der Waals surface area contributed by atoms with E-state index < -0.39 is 18.1 Å². The van der Waals surface area contributed by atoms with Crippen LogP contribution in [0.1, 0.15) is 22.7 Å². The van der Waals surface area contributed by atoms with Crippen molar-refractivity contribution in [1.29, 1.82) is 0 Å². The number of aliphatic carboxylic acids is 1. The van der Waals surface area contributed by atoms with Gasteiger partial charge in [-0.3, -0.25) is 4.90 Å². The molecule has 7 nitrogen and oxygen atoms in total. The number of likely N-dealkylation sites (N-methyl/N-ethyl adjacent to an activating group) is 1. The predicted molar refractivity (Wildman–Crippen MR) is 111 cm³/mol. The molecule has 0 fully saturated rings. The Kier molecular flexibility index (Phi) is 5.27. The highest BCUT2D eigenvalue weighted by Crippen LogP contribution is 2.44. The Balaban J connectivity index is 1.49. The first-order chi connectivity index (χ1) is 14.5. The number of nitrogens with zero attached hydrogens (tertiary/aromatic N) is 3. The molecule has 0 unspecified atom stereocenters. The molecule has 7 heteroatoms. The normalized spacial score (nSPS) is 13.4. The summed E-state index contributed by atoms with van der Waals surface area (Å²) in [5.74, 6) is -1.16. The van der Waals surface area contributed by atoms with E-state index in [1.54, 1.807) is 24.1 Å². The van der Waals surface area contributed by atoms with Crippen molar-refractivity contribution < 1.29 is 19.4 Å². The number of carboxylic acid groups (broad SMARTS) is 1. The number of benzene rings is 2. The van der Waals surface area contributed by atoms with E-state index >= 15 is 0 Å². The molecule has 3 aromatic rings. The molecular weight excluding hydrogens is 382 g/mol. The second-order valence-electron chi connectivity index (χ2n) is 7.47. The quantitative estimate of drug-likeness (QED) is 0.680. The van der Waals surface area contributed by atoms with Crippen LogP contribution in [-0.4, -0.2) is 51.3 Å². The maximum absolute atomic E-state index is 12.7. The van der Waals surface area contributed by atoms with Crippen LogP contribution in [-0.2, 0) is 23.0 Å². The van der Waals surface area contributed by atoms with E-state index in [0.717, 1.165) is 32.8 Å². The van der Waals surface area contributed by atoms with Gasteiger partial charge in [-0.25, -0.2) is 14.6 Å². The van der Waals surface area contributed by atoms with Gasteiger partial charge in [0.25, 0.3) is 0 Å². The molecule has 1 N–H and O–H groups in total. The van der Waals surface area contributed by atoms with Gasteiger partial charge in [0.05, 0.1) is 6.33 Å². The van der Waals surface area contributed by atoms with Gasteiger partial charge in [-0.2, -0.15) is 0 Å². The van der Waals surface area contributed by atoms with E-state index in [0.29, 0.717) is 0 Å². The van der Waals surface area contributed by atoms with Crippen molar-refractivity contribution in [3.8, 4) is 11.1 Å². The number of hydrogen-bond acceptors (Lipinski definition) is 4. The Morgan fingerprint density at radius 2 is 1.73 bits per heavy atom. The number of amides is 1. The Bertz CT molecular complexity index is 1050. The van der Waals surface area contributed by atoms with Crippen LogP contribution in [0.25, 0.3) is 11.1 Å². The second-order valence-corrected chi connectivity index (χ2v) is 7.47. The third-order valence-corrected chi connectivity index (χ3v) is 5.70. The summed E-state index contributed by atoms with van der Waals surface area (Å²) in [4.78, 5) is 29.6. The molecule has 0 bridgehead atoms. The second kappa shape index (κ2) is 8.02. The molecule has 1 heterocycles. The first-order valence-corrected chi connectivity index (χ1v) is 9.73. The van der Waals surface area contributed by atoms with E-state index in [2.05, 4.69) is 17.1 Å². The maximum Gasteiger partial charge on any atom is 0.410 e. The zero-order valence-electron chi connectivity index (χ0n) is 16.9. The molecule has 1 aliphatic rings. The van der Waals surface area contributed by atoms with E-state index in [4.69, 9.17) is 4.74 Å². The number of ether oxygens (including phenoxy) is 1. The van der Waals surface area contributed by atoms with Gasteiger partial charge in [0, 0.05) is 38.3 Å². The topological polar surface area (TPSA) is 84.7 Å². The summed E-state index contributed by atoms with van der Waals surface area (Å²) < 4.78 is 7.32. The van der Waals surface area contributed by atoms with E-state index in [1.165, 1.54) is 7.05 Å². The van der Waals surface area contributed by atoms with Gasteiger partial charge in [-0.15, -0.1) is 0 Å². The van der Waals surface area contributed by atoms with E-state index in [9.17, 15) is 14.7 Å². The summed E-state index contributed by atoms with van der Waals surface area (Å²) in [7, 11) is 3.24. The Morgan fingerprint density at radius 1 is 1.13 bits per heavy atom. The summed E-state index contributed by atoms with van der Waals surface area (Å²) in [6.07, 6.45) is 2.68. The number of aryl methyl sites for hydroxylation is 1. The summed E-state index contributed by atoms with van der Waals surface area (Å²) >= 11 is 0. The average molecular weight is 405 g/mol. The van der Waals surface area contributed by atoms with Crippen molar-refractivity contribution in [1.82, 2.24) is 14.5 Å². The molecule has 2 aromatic carbocycles. The van der Waals surface area contributed by atoms with Gasteiger partial charge < -0.3 is 14.4 Å². The van der Waals surface area contributed by atoms with E-state index in [1.807, 2.05) is 36.4 Å². The van der Waals surface area contributed by atoms with Gasteiger partial charge >= 0.3 is 12.1 Å². The van der Waals surface area contributed by atoms with Crippen LogP contribution in [0.15, 0.2) is 61.1 Å². The highest BCUT2D eigenvalue weighted by Gasteiger charge is 2.32. The molecule has 154 valence electrons. The molecule has 0 radical (unpaired) electrons. The van der Waals surface area contributed by atoms with Crippen LogP contribution in [0.4, 0.5) is 4.79 Å². The van der Waals surface area contributed by atoms with Crippen LogP contribution in [0.5, 0.6) is 0 Å². The fourth-order valence-electron chi connectivity index (χ4n) is 3.99. The van der Waals surface area contributed by atoms with Crippen molar-refractivity contribution in [2.24, 2.45) is 7.05 Å². The first kappa shape index (κ1) is 19.7. The van der Waals surface area contributed by atoms with Gasteiger partial charge in [0.2, 0.25) is 0 Å². The van der Waals surface area contributed by atoms with Crippen molar-refractivity contribution in [3.05, 3.63) is 77.9 Å². The Hall–Kier alpha value is -3.61. The fourth-order valence-corrected chi connectivity index (χ4v) is 3.99. The summed E-state index contributed by atoms with van der Waals surface area (Å²) in [5.41, 5.74) is 5.22. The zero-order chi connectivity index (χ0) is 21.3. The molecule has 1 aromatic heterocycles. The number of hydrogen-bond donors (Lipinski definition) is 1. The molecule has 0 saturated carbocycles. The molecular formula is C23H23N3O4. The number of fused-ring (bicyclic) bond motifs is 3. The van der Waals surface area contributed by atoms with Gasteiger partial charge in [-0.05, 0) is 22.3 Å². The third kappa shape index (κ3) is 3.54. The highest BCUT2D eigenvalue weighted by atomic mass is 16.6. The monoisotopic (exact) mass is 405 g/mol. The van der Waals surface area contributed by atoms with Crippen LogP contribution < -0.4 is 0 Å². The van der Waals surface area contributed by atoms with Gasteiger partial charge in [0.15, 0.2) is 0 Å². The van der Waals surface area contributed by atoms with Gasteiger partial charge in [0.1, 0.15) is 12.6 Å². The van der Waals surface area contributed by atoms with Crippen molar-refractivity contribution in [2.45, 2.75) is 18.4 Å². The largest absolute Gasteiger partial charge is 0.480 e. The number of imidazole rings is 1. The summed E-state index contributed by atoms with van der Waals surface area (Å²) in [6.45, 7) is 0.148. The smallest absolute Gasteiger partial charge is 0.410 e. The van der Waals surface area contributed by atoms with E-state index in [-0.39, 0.29) is 18.9 Å². The number of rotatable bonds is 6. The molecule has 1 atom stereocenters. The van der Waals surface area contributed by atoms with Crippen LogP contribution in [0.3, 0.4) is 0 Å². The number of carboxylic acids is 1. The predicted octanol–water partition coefficient (Wildman–Crippen LogP) is 3.30. The van der Waals surface area contributed by atoms with Gasteiger partial charge in [-0.1, -0.05) is 48.5 Å². The number of carbonyl (C=O) groups is 2. The lowest BCUT2D eigenvalue weighted by Gasteiger charge is -2.25. The molecule has 30 heavy (non-hydrogen) atoms. The lowest BCUT2D eigenvalue weighted by molar-refractivity contribution is -0.142. The number of aromatic nitrogens is 2. The molecule has 0 aliphatic heterocycles. The lowest BCUT2D eigenvalue weighted by atomic mass is 9.98. The Morgan fingerprint density at radius 3 is 2.27 bits per heavy atom. The summed E-state index contributed by atoms with van der Waals surface area (Å²) in [5, 5.41) is 9.64. The summed E-state index contributed by atoms with van der Waals surface area (Å²) in [6, 6.07) is 15.1. The lowest BCUT2D eigenvalue weighted by Crippen LogP contribution is -2.44. The van der Waals surface area contributed by atoms with Crippen molar-refractivity contribution in [2.75, 3.05) is 13.7 Å². The third-order valence-electron chi connectivity index (χ3n) is 5.70. The molecule has 4 rings (SSSR count). The zero-order valence-corrected chi connectivity index (χ0v) is 16.9. The minimum Gasteiger partial charge on any atom is -0.480 e. The Labute approximate surface area is 174 Å². The minimum atomic E-state index is -1.09. The molecule has 0 spiro atoms. The van der Waals surface area contributed by atoms with Crippen molar-refractivity contribution >= 4 is 12.1 Å². The van der Waals surface area contributed by atoms with Crippen molar-refractivity contribution in [3.63, 3.8) is 0 Å². The minimum absolute atomic E-state index is 0.0740. The standard InChI is InChI=1S/C23H23N3O4/c1-25-14-24-12-15(25)11-21(22(27)28)26(2)23(29)30-13-20-18-9-5-3-7-16(18)17-8-4-6-10-19(17)20/h3-10,12,14,20-21H,11,13H2,1-2H3,(H,27,28)/t21-/m0/s1. The molecule has 0 saturated heterocycles. The van der Waals surface area contributed by atoms with Crippen LogP contribution in [0.2, 0.25) is 0 Å². The van der Waals surface area contributed by atoms with Crippen LogP contribution >= 0.6 is 0 Å². The van der Waals surface area contributed by atoms with Crippen LogP contribution in [0, 0.1) is 0 Å². The average Bonchev–Trinajstić information content (AvgIpc) is 3.30. The fraction of sp³-hybridized carbons (Fsp3) is 0.261. The molecule has 1 aliphatic carbocycles. The molecule has 1 amide bonds. The maximum atomic E-state index is 12.7. The highest BCUT2D eigenvalue weighted by molar-refractivity contribution is 5.81. The SMILES string of the molecule is CN(C(=O)OCC1c2ccccc2-c2ccccc21)[C@@H](Cc1cncn1C)C(=O)O. The number of carbonyl (C=O) groups excluding carboxylic acids is 1.